The number of methoxy groups -OCH3 is 1. The Morgan fingerprint density at radius 3 is 2.67 bits per heavy atom. The van der Waals surface area contributed by atoms with E-state index in [2.05, 4.69) is 11.9 Å². The molecule has 1 aromatic rings. The minimum atomic E-state index is 0.496. The third kappa shape index (κ3) is 2.67. The predicted octanol–water partition coefficient (Wildman–Crippen LogP) is 2.19. The van der Waals surface area contributed by atoms with Crippen molar-refractivity contribution in [2.45, 2.75) is 20.3 Å². The Morgan fingerprint density at radius 1 is 1.33 bits per heavy atom. The molecule has 15 heavy (non-hydrogen) atoms. The molecule has 0 heterocycles. The van der Waals surface area contributed by atoms with Gasteiger partial charge >= 0.3 is 0 Å². The first kappa shape index (κ1) is 11.5. The molecule has 0 fully saturated rings. The van der Waals surface area contributed by atoms with Crippen LogP contribution in [0.3, 0.4) is 0 Å². The fourth-order valence-electron chi connectivity index (χ4n) is 1.57. The molecule has 1 rings (SSSR count). The van der Waals surface area contributed by atoms with E-state index in [4.69, 9.17) is 4.74 Å². The summed E-state index contributed by atoms with van der Waals surface area (Å²) in [5, 5.41) is 0. The van der Waals surface area contributed by atoms with Crippen LogP contribution in [0.15, 0.2) is 17.1 Å². The van der Waals surface area contributed by atoms with Gasteiger partial charge < -0.3 is 4.74 Å². The van der Waals surface area contributed by atoms with Crippen LogP contribution in [0, 0.1) is 13.8 Å². The maximum Gasteiger partial charge on any atom is 0.234 e. The SMILES string of the molecule is COc1ccc(CCN=C=O)c(C)c1C. The maximum atomic E-state index is 9.94. The van der Waals surface area contributed by atoms with Crippen LogP contribution < -0.4 is 4.74 Å². The van der Waals surface area contributed by atoms with Gasteiger partial charge in [0.1, 0.15) is 5.75 Å². The molecule has 0 aliphatic heterocycles. The highest BCUT2D eigenvalue weighted by Gasteiger charge is 2.05. The first-order chi connectivity index (χ1) is 7.20. The fourth-order valence-corrected chi connectivity index (χ4v) is 1.57. The molecule has 1 aromatic carbocycles. The van der Waals surface area contributed by atoms with Crippen LogP contribution in [-0.4, -0.2) is 19.7 Å². The number of isocyanates is 1. The van der Waals surface area contributed by atoms with E-state index in [1.54, 1.807) is 13.2 Å². The van der Waals surface area contributed by atoms with Crippen molar-refractivity contribution < 1.29 is 9.53 Å². The summed E-state index contributed by atoms with van der Waals surface area (Å²) in [6, 6.07) is 3.96. The van der Waals surface area contributed by atoms with E-state index in [0.717, 1.165) is 17.7 Å². The second-order valence-electron chi connectivity index (χ2n) is 3.40. The van der Waals surface area contributed by atoms with Crippen LogP contribution in [-0.2, 0) is 11.2 Å². The number of ether oxygens (including phenoxy) is 1. The lowest BCUT2D eigenvalue weighted by Crippen LogP contribution is -1.97. The molecule has 0 saturated heterocycles. The van der Waals surface area contributed by atoms with Crippen molar-refractivity contribution in [1.82, 2.24) is 0 Å². The number of aliphatic imine (C=N–C) groups is 1. The zero-order valence-corrected chi connectivity index (χ0v) is 9.33. The van der Waals surface area contributed by atoms with Crippen molar-refractivity contribution in [1.29, 1.82) is 0 Å². The van der Waals surface area contributed by atoms with Crippen LogP contribution in [0.25, 0.3) is 0 Å². The standard InChI is InChI=1S/C12H15NO2/c1-9-10(2)12(15-3)5-4-11(9)6-7-13-8-14/h4-5H,6-7H2,1-3H3. The van der Waals surface area contributed by atoms with Gasteiger partial charge in [-0.2, -0.15) is 0 Å². The number of rotatable bonds is 4. The highest BCUT2D eigenvalue weighted by molar-refractivity contribution is 5.43. The van der Waals surface area contributed by atoms with Crippen LogP contribution in [0.1, 0.15) is 16.7 Å². The van der Waals surface area contributed by atoms with Gasteiger partial charge in [0, 0.05) is 0 Å². The number of nitrogens with zero attached hydrogens (tertiary/aromatic N) is 1. The summed E-state index contributed by atoms with van der Waals surface area (Å²) in [6.45, 7) is 4.58. The quantitative estimate of drug-likeness (QED) is 0.558. The van der Waals surface area contributed by atoms with E-state index in [1.165, 1.54) is 11.1 Å². The molecule has 0 radical (unpaired) electrons. The third-order valence-electron chi connectivity index (χ3n) is 2.63. The van der Waals surface area contributed by atoms with Gasteiger partial charge in [-0.3, -0.25) is 0 Å². The van der Waals surface area contributed by atoms with Crippen LogP contribution in [0.5, 0.6) is 5.75 Å². The Balaban J connectivity index is 2.91. The molecule has 0 saturated carbocycles. The highest BCUT2D eigenvalue weighted by atomic mass is 16.5. The average molecular weight is 205 g/mol. The van der Waals surface area contributed by atoms with Crippen molar-refractivity contribution >= 4 is 6.08 Å². The van der Waals surface area contributed by atoms with E-state index < -0.39 is 0 Å². The lowest BCUT2D eigenvalue weighted by molar-refractivity contribution is 0.411. The van der Waals surface area contributed by atoms with Crippen LogP contribution >= 0.6 is 0 Å². The number of hydrogen-bond acceptors (Lipinski definition) is 3. The smallest absolute Gasteiger partial charge is 0.234 e. The fraction of sp³-hybridized carbons (Fsp3) is 0.417. The lowest BCUT2D eigenvalue weighted by atomic mass is 10.0. The molecular formula is C12H15NO2. The second kappa shape index (κ2) is 5.32. The predicted molar refractivity (Wildman–Crippen MR) is 59.2 cm³/mol. The van der Waals surface area contributed by atoms with E-state index in [9.17, 15) is 4.79 Å². The van der Waals surface area contributed by atoms with E-state index in [1.807, 2.05) is 19.1 Å². The topological polar surface area (TPSA) is 38.7 Å². The molecule has 0 unspecified atom stereocenters. The Labute approximate surface area is 89.8 Å². The summed E-state index contributed by atoms with van der Waals surface area (Å²) in [4.78, 5) is 13.5. The normalized spacial score (nSPS) is 9.53. The first-order valence-corrected chi connectivity index (χ1v) is 4.87. The number of carbonyl (C=O) groups excluding carboxylic acids is 1. The average Bonchev–Trinajstić information content (AvgIpc) is 2.25. The minimum absolute atomic E-state index is 0.496. The number of benzene rings is 1. The molecular weight excluding hydrogens is 190 g/mol. The van der Waals surface area contributed by atoms with Gasteiger partial charge in [-0.05, 0) is 43.0 Å². The van der Waals surface area contributed by atoms with Gasteiger partial charge in [-0.15, -0.1) is 0 Å². The Morgan fingerprint density at radius 2 is 2.07 bits per heavy atom. The van der Waals surface area contributed by atoms with Gasteiger partial charge in [-0.25, -0.2) is 9.79 Å². The largest absolute Gasteiger partial charge is 0.496 e. The van der Waals surface area contributed by atoms with Crippen LogP contribution in [0.2, 0.25) is 0 Å². The second-order valence-corrected chi connectivity index (χ2v) is 3.40. The molecule has 0 spiro atoms. The number of hydrogen-bond donors (Lipinski definition) is 0. The molecule has 0 bridgehead atoms. The molecule has 80 valence electrons. The summed E-state index contributed by atoms with van der Waals surface area (Å²) in [5.41, 5.74) is 3.55. The zero-order valence-electron chi connectivity index (χ0n) is 9.33. The highest BCUT2D eigenvalue weighted by Crippen LogP contribution is 2.24. The minimum Gasteiger partial charge on any atom is -0.496 e. The van der Waals surface area contributed by atoms with Crippen molar-refractivity contribution in [3.05, 3.63) is 28.8 Å². The van der Waals surface area contributed by atoms with Crippen molar-refractivity contribution in [3.8, 4) is 5.75 Å². The summed E-state index contributed by atoms with van der Waals surface area (Å²) < 4.78 is 5.22. The molecule has 0 aliphatic carbocycles. The van der Waals surface area contributed by atoms with Crippen molar-refractivity contribution in [2.24, 2.45) is 4.99 Å². The van der Waals surface area contributed by atoms with Crippen molar-refractivity contribution in [3.63, 3.8) is 0 Å². The molecule has 3 nitrogen and oxygen atoms in total. The summed E-state index contributed by atoms with van der Waals surface area (Å²) in [6.07, 6.45) is 2.31. The van der Waals surface area contributed by atoms with Gasteiger partial charge in [0.05, 0.1) is 13.7 Å². The third-order valence-corrected chi connectivity index (χ3v) is 2.63. The van der Waals surface area contributed by atoms with E-state index >= 15 is 0 Å². The van der Waals surface area contributed by atoms with Gasteiger partial charge in [0.15, 0.2) is 0 Å². The molecule has 0 atom stereocenters. The molecule has 0 aromatic heterocycles. The lowest BCUT2D eigenvalue weighted by Gasteiger charge is -2.11. The molecule has 3 heteroatoms. The summed E-state index contributed by atoms with van der Waals surface area (Å²) in [7, 11) is 1.66. The summed E-state index contributed by atoms with van der Waals surface area (Å²) in [5.74, 6) is 0.898. The maximum absolute atomic E-state index is 9.94. The molecule has 0 aliphatic rings. The first-order valence-electron chi connectivity index (χ1n) is 4.87. The monoisotopic (exact) mass is 205 g/mol. The van der Waals surface area contributed by atoms with Crippen LogP contribution in [0.4, 0.5) is 0 Å². The summed E-state index contributed by atoms with van der Waals surface area (Å²) >= 11 is 0. The zero-order chi connectivity index (χ0) is 11.3. The van der Waals surface area contributed by atoms with Crippen molar-refractivity contribution in [2.75, 3.05) is 13.7 Å². The Bertz CT molecular complexity index is 393. The van der Waals surface area contributed by atoms with Gasteiger partial charge in [-0.1, -0.05) is 6.07 Å². The Hall–Kier alpha value is -1.60. The van der Waals surface area contributed by atoms with E-state index in [-0.39, 0.29) is 0 Å². The Kier molecular flexibility index (Phi) is 4.07. The molecule has 0 amide bonds. The molecule has 0 N–H and O–H groups in total. The van der Waals surface area contributed by atoms with E-state index in [0.29, 0.717) is 6.54 Å². The van der Waals surface area contributed by atoms with Gasteiger partial charge in [0.25, 0.3) is 0 Å². The van der Waals surface area contributed by atoms with Gasteiger partial charge in [0.2, 0.25) is 6.08 Å².